The third kappa shape index (κ3) is 3.72. The Morgan fingerprint density at radius 3 is 2.63 bits per heavy atom. The van der Waals surface area contributed by atoms with Gasteiger partial charge >= 0.3 is 0 Å². The van der Waals surface area contributed by atoms with Gasteiger partial charge in [0, 0.05) is 5.92 Å². The lowest BCUT2D eigenvalue weighted by Crippen LogP contribution is -2.54. The van der Waals surface area contributed by atoms with E-state index in [0.29, 0.717) is 23.2 Å². The first-order chi connectivity index (χ1) is 14.3. The number of carbonyl (C=O) groups is 1. The Morgan fingerprint density at radius 1 is 1.13 bits per heavy atom. The summed E-state index contributed by atoms with van der Waals surface area (Å²) in [6.45, 7) is 9.67. The van der Waals surface area contributed by atoms with Crippen LogP contribution in [0.1, 0.15) is 98.3 Å². The molecule has 0 aromatic rings. The van der Waals surface area contributed by atoms with Crippen LogP contribution >= 0.6 is 0 Å². The van der Waals surface area contributed by atoms with E-state index in [-0.39, 0.29) is 17.4 Å². The molecule has 0 aliphatic heterocycles. The molecule has 8 atom stereocenters. The first kappa shape index (κ1) is 22.5. The molecule has 0 aromatic heterocycles. The minimum Gasteiger partial charge on any atom is -0.303 e. The SMILES string of the molecule is CC(C)CCCCC1CCC2C3C(OO)C=C4CC(C=O)CCC4(C)C3CCC12C. The zero-order valence-electron chi connectivity index (χ0n) is 19.7. The summed E-state index contributed by atoms with van der Waals surface area (Å²) in [6, 6.07) is 0. The van der Waals surface area contributed by atoms with Crippen LogP contribution in [-0.4, -0.2) is 17.6 Å². The van der Waals surface area contributed by atoms with Crippen LogP contribution in [-0.2, 0) is 9.68 Å². The van der Waals surface area contributed by atoms with Crippen molar-refractivity contribution in [3.63, 3.8) is 0 Å². The van der Waals surface area contributed by atoms with Crippen molar-refractivity contribution < 1.29 is 14.9 Å². The fourth-order valence-electron chi connectivity index (χ4n) is 8.39. The zero-order valence-corrected chi connectivity index (χ0v) is 19.7. The van der Waals surface area contributed by atoms with Gasteiger partial charge in [-0.15, -0.1) is 0 Å². The Bertz CT molecular complexity index is 654. The number of unbranched alkanes of at least 4 members (excludes halogenated alkanes) is 1. The van der Waals surface area contributed by atoms with Gasteiger partial charge in [-0.1, -0.05) is 58.6 Å². The van der Waals surface area contributed by atoms with Crippen molar-refractivity contribution in [3.8, 4) is 0 Å². The van der Waals surface area contributed by atoms with Crippen LogP contribution in [0.4, 0.5) is 0 Å². The minimum atomic E-state index is -0.187. The number of fused-ring (bicyclic) bond motifs is 5. The summed E-state index contributed by atoms with van der Waals surface area (Å²) in [4.78, 5) is 16.6. The smallest absolute Gasteiger partial charge is 0.123 e. The number of allylic oxidation sites excluding steroid dienone is 1. The molecule has 8 unspecified atom stereocenters. The molecular formula is C27H44O3. The third-order valence-electron chi connectivity index (χ3n) is 10.2. The van der Waals surface area contributed by atoms with Gasteiger partial charge in [0.2, 0.25) is 0 Å². The molecule has 0 saturated heterocycles. The molecule has 0 radical (unpaired) electrons. The molecule has 170 valence electrons. The lowest BCUT2D eigenvalue weighted by atomic mass is 9.46. The Balaban J connectivity index is 1.54. The van der Waals surface area contributed by atoms with E-state index in [1.807, 2.05) is 0 Å². The van der Waals surface area contributed by atoms with Crippen LogP contribution in [0.3, 0.4) is 0 Å². The molecular weight excluding hydrogens is 372 g/mol. The molecule has 0 aromatic carbocycles. The molecule has 0 amide bonds. The Kier molecular flexibility index (Phi) is 6.53. The quantitative estimate of drug-likeness (QED) is 0.159. The predicted molar refractivity (Wildman–Crippen MR) is 121 cm³/mol. The molecule has 0 heterocycles. The monoisotopic (exact) mass is 416 g/mol. The number of aldehydes is 1. The second kappa shape index (κ2) is 8.70. The standard InChI is InChI=1S/C27H44O3/c1-18(2)7-5-6-8-20-9-10-22-25-23(12-14-26(20,22)3)27(4)13-11-19(17-28)15-21(27)16-24(25)30-29/h16-20,22-25,29H,5-15H2,1-4H3. The van der Waals surface area contributed by atoms with E-state index in [4.69, 9.17) is 4.89 Å². The molecule has 3 nitrogen and oxygen atoms in total. The molecule has 0 bridgehead atoms. The summed E-state index contributed by atoms with van der Waals surface area (Å²) in [7, 11) is 0. The fourth-order valence-corrected chi connectivity index (χ4v) is 8.39. The first-order valence-electron chi connectivity index (χ1n) is 12.8. The topological polar surface area (TPSA) is 46.5 Å². The molecule has 4 rings (SSSR count). The number of carbonyl (C=O) groups excluding carboxylic acids is 1. The van der Waals surface area contributed by atoms with Crippen molar-refractivity contribution in [2.75, 3.05) is 0 Å². The summed E-state index contributed by atoms with van der Waals surface area (Å²) >= 11 is 0. The average molecular weight is 417 g/mol. The summed E-state index contributed by atoms with van der Waals surface area (Å²) < 4.78 is 0. The molecule has 3 heteroatoms. The third-order valence-corrected chi connectivity index (χ3v) is 10.2. The molecule has 3 saturated carbocycles. The van der Waals surface area contributed by atoms with Crippen LogP contribution in [0.15, 0.2) is 11.6 Å². The van der Waals surface area contributed by atoms with Crippen LogP contribution in [0, 0.1) is 46.3 Å². The highest BCUT2D eigenvalue weighted by Crippen LogP contribution is 2.67. The molecule has 30 heavy (non-hydrogen) atoms. The van der Waals surface area contributed by atoms with E-state index in [1.165, 1.54) is 56.9 Å². The van der Waals surface area contributed by atoms with Crippen molar-refractivity contribution in [1.29, 1.82) is 0 Å². The van der Waals surface area contributed by atoms with Gasteiger partial charge in [-0.3, -0.25) is 5.26 Å². The second-order valence-electron chi connectivity index (χ2n) is 12.1. The van der Waals surface area contributed by atoms with Crippen LogP contribution in [0.5, 0.6) is 0 Å². The highest BCUT2D eigenvalue weighted by molar-refractivity contribution is 5.55. The van der Waals surface area contributed by atoms with E-state index in [2.05, 4.69) is 33.8 Å². The van der Waals surface area contributed by atoms with Gasteiger partial charge in [0.15, 0.2) is 0 Å². The maximum Gasteiger partial charge on any atom is 0.123 e. The Labute approximate surface area is 184 Å². The first-order valence-corrected chi connectivity index (χ1v) is 12.8. The number of hydrogen-bond donors (Lipinski definition) is 1. The fraction of sp³-hybridized carbons (Fsp3) is 0.889. The van der Waals surface area contributed by atoms with E-state index in [9.17, 15) is 10.1 Å². The van der Waals surface area contributed by atoms with Gasteiger partial charge in [0.1, 0.15) is 12.4 Å². The van der Waals surface area contributed by atoms with Gasteiger partial charge < -0.3 is 4.79 Å². The van der Waals surface area contributed by atoms with Gasteiger partial charge in [0.25, 0.3) is 0 Å². The average Bonchev–Trinajstić information content (AvgIpc) is 3.06. The number of rotatable bonds is 7. The van der Waals surface area contributed by atoms with E-state index < -0.39 is 0 Å². The molecule has 3 fully saturated rings. The van der Waals surface area contributed by atoms with Crippen molar-refractivity contribution in [3.05, 3.63) is 11.6 Å². The van der Waals surface area contributed by atoms with E-state index >= 15 is 0 Å². The van der Waals surface area contributed by atoms with Gasteiger partial charge in [0.05, 0.1) is 0 Å². The maximum atomic E-state index is 11.4. The molecule has 4 aliphatic rings. The van der Waals surface area contributed by atoms with Crippen molar-refractivity contribution in [2.24, 2.45) is 46.3 Å². The minimum absolute atomic E-state index is 0.149. The summed E-state index contributed by atoms with van der Waals surface area (Å²) in [5.74, 6) is 3.46. The number of hydrogen-bond acceptors (Lipinski definition) is 3. The van der Waals surface area contributed by atoms with E-state index in [0.717, 1.165) is 37.4 Å². The summed E-state index contributed by atoms with van der Waals surface area (Å²) in [5.41, 5.74) is 1.98. The normalized spacial score (nSPS) is 45.5. The summed E-state index contributed by atoms with van der Waals surface area (Å²) in [6.07, 6.45) is 16.9. The molecule has 4 aliphatic carbocycles. The summed E-state index contributed by atoms with van der Waals surface area (Å²) in [5, 5.41) is 9.91. The Morgan fingerprint density at radius 2 is 1.93 bits per heavy atom. The van der Waals surface area contributed by atoms with Crippen LogP contribution in [0.2, 0.25) is 0 Å². The van der Waals surface area contributed by atoms with Gasteiger partial charge in [-0.25, -0.2) is 4.89 Å². The zero-order chi connectivity index (χ0) is 21.5. The van der Waals surface area contributed by atoms with Crippen LogP contribution < -0.4 is 0 Å². The highest BCUT2D eigenvalue weighted by atomic mass is 17.1. The maximum absolute atomic E-state index is 11.4. The predicted octanol–water partition coefficient (Wildman–Crippen LogP) is 7.07. The van der Waals surface area contributed by atoms with E-state index in [1.54, 1.807) is 0 Å². The lowest BCUT2D eigenvalue weighted by Gasteiger charge is -2.59. The largest absolute Gasteiger partial charge is 0.303 e. The van der Waals surface area contributed by atoms with Gasteiger partial charge in [-0.2, -0.15) is 0 Å². The molecule has 0 spiro atoms. The Hall–Kier alpha value is -0.670. The van der Waals surface area contributed by atoms with Crippen molar-refractivity contribution in [2.45, 2.75) is 104 Å². The highest BCUT2D eigenvalue weighted by Gasteiger charge is 2.61. The molecule has 1 N–H and O–H groups in total. The lowest BCUT2D eigenvalue weighted by molar-refractivity contribution is -0.296. The van der Waals surface area contributed by atoms with Crippen LogP contribution in [0.25, 0.3) is 0 Å². The second-order valence-corrected chi connectivity index (χ2v) is 12.1. The van der Waals surface area contributed by atoms with Gasteiger partial charge in [-0.05, 0) is 91.8 Å². The van der Waals surface area contributed by atoms with Crippen molar-refractivity contribution in [1.82, 2.24) is 0 Å². The van der Waals surface area contributed by atoms with Crippen molar-refractivity contribution >= 4 is 6.29 Å².